The summed E-state index contributed by atoms with van der Waals surface area (Å²) >= 11 is 0. The molecule has 0 heterocycles. The summed E-state index contributed by atoms with van der Waals surface area (Å²) in [5.74, 6) is -1.54. The van der Waals surface area contributed by atoms with Crippen molar-refractivity contribution in [3.05, 3.63) is 30.3 Å². The normalized spacial score (nSPS) is 9.76. The Morgan fingerprint density at radius 2 is 1.90 bits per heavy atom. The Morgan fingerprint density at radius 3 is 2.48 bits per heavy atom. The number of carboxylic acids is 1. The molecule has 0 fully saturated rings. The number of carbonyl (C=O) groups is 3. The number of nitrogens with one attached hydrogen (secondary N) is 1. The number of carbonyl (C=O) groups excluding carboxylic acids is 2. The zero-order valence-corrected chi connectivity index (χ0v) is 11.7. The highest BCUT2D eigenvalue weighted by molar-refractivity contribution is 5.96. The molecular weight excluding hydrogens is 276 g/mol. The lowest BCUT2D eigenvalue weighted by atomic mass is 10.3. The van der Waals surface area contributed by atoms with Gasteiger partial charge in [0.15, 0.2) is 0 Å². The van der Waals surface area contributed by atoms with Crippen molar-refractivity contribution in [3.63, 3.8) is 0 Å². The summed E-state index contributed by atoms with van der Waals surface area (Å²) in [5.41, 5.74) is 0.466. The van der Waals surface area contributed by atoms with Crippen molar-refractivity contribution in [3.8, 4) is 0 Å². The number of rotatable bonds is 7. The summed E-state index contributed by atoms with van der Waals surface area (Å²) in [6.45, 7) is 1.60. The van der Waals surface area contributed by atoms with Gasteiger partial charge in [0.2, 0.25) is 0 Å². The maximum Gasteiger partial charge on any atom is 0.323 e. The third-order valence-electron chi connectivity index (χ3n) is 2.52. The van der Waals surface area contributed by atoms with Crippen LogP contribution in [0, 0.1) is 0 Å². The van der Waals surface area contributed by atoms with Gasteiger partial charge in [0, 0.05) is 12.2 Å². The summed E-state index contributed by atoms with van der Waals surface area (Å²) < 4.78 is 4.74. The summed E-state index contributed by atoms with van der Waals surface area (Å²) in [4.78, 5) is 35.1. The van der Waals surface area contributed by atoms with Gasteiger partial charge in [-0.05, 0) is 19.1 Å². The van der Waals surface area contributed by atoms with E-state index in [1.165, 1.54) is 0 Å². The van der Waals surface area contributed by atoms with Crippen LogP contribution < -0.4 is 10.2 Å². The van der Waals surface area contributed by atoms with E-state index in [1.54, 1.807) is 37.3 Å². The lowest BCUT2D eigenvalue weighted by Gasteiger charge is -2.21. The molecule has 0 radical (unpaired) electrons. The summed E-state index contributed by atoms with van der Waals surface area (Å²) in [5, 5.41) is 11.4. The molecule has 0 saturated carbocycles. The van der Waals surface area contributed by atoms with E-state index in [0.29, 0.717) is 5.69 Å². The molecule has 1 aromatic carbocycles. The van der Waals surface area contributed by atoms with Crippen molar-refractivity contribution in [1.82, 2.24) is 5.32 Å². The molecule has 0 aliphatic rings. The van der Waals surface area contributed by atoms with Crippen LogP contribution in [0.3, 0.4) is 0 Å². The van der Waals surface area contributed by atoms with Gasteiger partial charge in [-0.15, -0.1) is 0 Å². The fourth-order valence-corrected chi connectivity index (χ4v) is 1.62. The van der Waals surface area contributed by atoms with Gasteiger partial charge in [-0.2, -0.15) is 0 Å². The Hall–Kier alpha value is -2.57. The fourth-order valence-electron chi connectivity index (χ4n) is 1.62. The maximum atomic E-state index is 12.0. The highest BCUT2D eigenvalue weighted by Crippen LogP contribution is 2.12. The highest BCUT2D eigenvalue weighted by atomic mass is 16.5. The summed E-state index contributed by atoms with van der Waals surface area (Å²) in [6.07, 6.45) is 0.0370. The Labute approximate surface area is 122 Å². The summed E-state index contributed by atoms with van der Waals surface area (Å²) in [6, 6.07) is 7.86. The number of nitrogens with zero attached hydrogens (tertiary/aromatic N) is 1. The first-order chi connectivity index (χ1) is 10.0. The molecule has 0 aliphatic carbocycles. The molecule has 0 atom stereocenters. The molecule has 21 heavy (non-hydrogen) atoms. The van der Waals surface area contributed by atoms with E-state index in [2.05, 4.69) is 5.32 Å². The minimum Gasteiger partial charge on any atom is -0.480 e. The molecule has 0 saturated heterocycles. The third kappa shape index (κ3) is 5.94. The highest BCUT2D eigenvalue weighted by Gasteiger charge is 2.18. The molecule has 7 nitrogen and oxygen atoms in total. The van der Waals surface area contributed by atoms with Gasteiger partial charge in [0.05, 0.1) is 13.0 Å². The van der Waals surface area contributed by atoms with Crippen LogP contribution in [0.15, 0.2) is 30.3 Å². The first-order valence-corrected chi connectivity index (χ1v) is 6.52. The Morgan fingerprint density at radius 1 is 1.24 bits per heavy atom. The van der Waals surface area contributed by atoms with Gasteiger partial charge in [-0.1, -0.05) is 18.2 Å². The van der Waals surface area contributed by atoms with Gasteiger partial charge in [-0.25, -0.2) is 4.79 Å². The Kier molecular flexibility index (Phi) is 6.73. The lowest BCUT2D eigenvalue weighted by molar-refractivity contribution is -0.143. The molecule has 0 spiro atoms. The first-order valence-electron chi connectivity index (χ1n) is 6.52. The number of aliphatic carboxylic acids is 1. The van der Waals surface area contributed by atoms with Crippen molar-refractivity contribution in [2.24, 2.45) is 0 Å². The number of hydrogen-bond donors (Lipinski definition) is 2. The van der Waals surface area contributed by atoms with E-state index in [1.807, 2.05) is 0 Å². The van der Waals surface area contributed by atoms with E-state index < -0.39 is 24.5 Å². The van der Waals surface area contributed by atoms with Crippen molar-refractivity contribution in [2.45, 2.75) is 13.3 Å². The van der Waals surface area contributed by atoms with Crippen LogP contribution in [-0.4, -0.2) is 42.8 Å². The van der Waals surface area contributed by atoms with Gasteiger partial charge in [-0.3, -0.25) is 14.5 Å². The second kappa shape index (κ2) is 8.57. The number of esters is 1. The standard InChI is InChI=1S/C14H18N2O5/c1-2-21-13(19)8-9-15-14(20)16(10-12(17)18)11-6-4-3-5-7-11/h3-7H,2,8-10H2,1H3,(H,15,20)(H,17,18). The monoisotopic (exact) mass is 294 g/mol. The molecule has 1 rings (SSSR count). The second-order valence-electron chi connectivity index (χ2n) is 4.10. The minimum absolute atomic E-state index is 0.0370. The Balaban J connectivity index is 2.60. The molecule has 114 valence electrons. The smallest absolute Gasteiger partial charge is 0.323 e. The predicted octanol–water partition coefficient (Wildman–Crippen LogP) is 1.24. The van der Waals surface area contributed by atoms with Gasteiger partial charge in [0.1, 0.15) is 6.54 Å². The van der Waals surface area contributed by atoms with Crippen molar-refractivity contribution >= 4 is 23.7 Å². The van der Waals surface area contributed by atoms with Crippen LogP contribution in [0.1, 0.15) is 13.3 Å². The Bertz CT molecular complexity index is 489. The molecule has 7 heteroatoms. The molecule has 2 amide bonds. The predicted molar refractivity (Wildman–Crippen MR) is 76.1 cm³/mol. The molecular formula is C14H18N2O5. The van der Waals surface area contributed by atoms with Crippen LogP contribution in [0.4, 0.5) is 10.5 Å². The first kappa shape index (κ1) is 16.5. The largest absolute Gasteiger partial charge is 0.480 e. The number of amides is 2. The average Bonchev–Trinajstić information content (AvgIpc) is 2.45. The number of para-hydroxylation sites is 1. The van der Waals surface area contributed by atoms with E-state index in [0.717, 1.165) is 4.90 Å². The van der Waals surface area contributed by atoms with E-state index >= 15 is 0 Å². The zero-order chi connectivity index (χ0) is 15.7. The van der Waals surface area contributed by atoms with Crippen molar-refractivity contribution < 1.29 is 24.2 Å². The second-order valence-corrected chi connectivity index (χ2v) is 4.10. The number of urea groups is 1. The van der Waals surface area contributed by atoms with E-state index in [9.17, 15) is 14.4 Å². The number of benzene rings is 1. The number of anilines is 1. The SMILES string of the molecule is CCOC(=O)CCNC(=O)N(CC(=O)O)c1ccccc1. The molecule has 0 bridgehead atoms. The average molecular weight is 294 g/mol. The quantitative estimate of drug-likeness (QED) is 0.738. The molecule has 0 unspecified atom stereocenters. The topological polar surface area (TPSA) is 95.9 Å². The maximum absolute atomic E-state index is 12.0. The minimum atomic E-state index is -1.13. The number of ether oxygens (including phenoxy) is 1. The van der Waals surface area contributed by atoms with Crippen molar-refractivity contribution in [2.75, 3.05) is 24.6 Å². The van der Waals surface area contributed by atoms with Gasteiger partial charge < -0.3 is 15.2 Å². The van der Waals surface area contributed by atoms with Crippen LogP contribution in [0.2, 0.25) is 0 Å². The van der Waals surface area contributed by atoms with Crippen LogP contribution >= 0.6 is 0 Å². The fraction of sp³-hybridized carbons (Fsp3) is 0.357. The number of hydrogen-bond acceptors (Lipinski definition) is 4. The molecule has 0 aliphatic heterocycles. The van der Waals surface area contributed by atoms with Crippen molar-refractivity contribution in [1.29, 1.82) is 0 Å². The van der Waals surface area contributed by atoms with E-state index in [4.69, 9.17) is 9.84 Å². The van der Waals surface area contributed by atoms with Crippen LogP contribution in [0.25, 0.3) is 0 Å². The third-order valence-corrected chi connectivity index (χ3v) is 2.52. The molecule has 2 N–H and O–H groups in total. The van der Waals surface area contributed by atoms with E-state index in [-0.39, 0.29) is 19.6 Å². The van der Waals surface area contributed by atoms with Gasteiger partial charge in [0.25, 0.3) is 0 Å². The lowest BCUT2D eigenvalue weighted by Crippen LogP contribution is -2.43. The van der Waals surface area contributed by atoms with Gasteiger partial charge >= 0.3 is 18.0 Å². The van der Waals surface area contributed by atoms with Crippen LogP contribution in [-0.2, 0) is 14.3 Å². The summed E-state index contributed by atoms with van der Waals surface area (Å²) in [7, 11) is 0. The molecule has 0 aromatic heterocycles. The number of carboxylic acid groups (broad SMARTS) is 1. The van der Waals surface area contributed by atoms with Crippen LogP contribution in [0.5, 0.6) is 0 Å². The molecule has 1 aromatic rings. The zero-order valence-electron chi connectivity index (χ0n) is 11.7.